The molecule has 0 fully saturated rings. The van der Waals surface area contributed by atoms with Crippen molar-refractivity contribution < 1.29 is 18.3 Å². The van der Waals surface area contributed by atoms with Gasteiger partial charge in [0, 0.05) is 5.56 Å². The van der Waals surface area contributed by atoms with Crippen LogP contribution < -0.4 is 10.1 Å². The third-order valence-corrected chi connectivity index (χ3v) is 3.12. The van der Waals surface area contributed by atoms with Crippen LogP contribution in [0.25, 0.3) is 0 Å². The van der Waals surface area contributed by atoms with Crippen molar-refractivity contribution in [1.29, 1.82) is 5.26 Å². The van der Waals surface area contributed by atoms with E-state index in [-0.39, 0.29) is 11.3 Å². The van der Waals surface area contributed by atoms with Crippen LogP contribution in [0.4, 0.5) is 8.78 Å². The van der Waals surface area contributed by atoms with Crippen molar-refractivity contribution in [3.8, 4) is 11.8 Å². The van der Waals surface area contributed by atoms with E-state index in [1.54, 1.807) is 0 Å². The van der Waals surface area contributed by atoms with E-state index in [0.717, 1.165) is 0 Å². The average molecular weight is 282 g/mol. The molecule has 20 heavy (non-hydrogen) atoms. The minimum absolute atomic E-state index is 0.0194. The number of nitrogens with one attached hydrogen (secondary N) is 1. The van der Waals surface area contributed by atoms with E-state index in [2.05, 4.69) is 16.1 Å². The van der Waals surface area contributed by atoms with Crippen LogP contribution in [0.3, 0.4) is 0 Å². The summed E-state index contributed by atoms with van der Waals surface area (Å²) in [5, 5.41) is 11.8. The van der Waals surface area contributed by atoms with E-state index < -0.39 is 18.1 Å². The van der Waals surface area contributed by atoms with E-state index >= 15 is 0 Å². The van der Waals surface area contributed by atoms with Gasteiger partial charge < -0.3 is 10.1 Å². The number of rotatable bonds is 6. The van der Waals surface area contributed by atoms with Gasteiger partial charge in [-0.05, 0) is 37.1 Å². The molecule has 1 N–H and O–H groups in total. The van der Waals surface area contributed by atoms with E-state index in [0.29, 0.717) is 12.8 Å². The molecule has 0 heterocycles. The molecular weight excluding hydrogens is 266 g/mol. The summed E-state index contributed by atoms with van der Waals surface area (Å²) < 4.78 is 28.2. The quantitative estimate of drug-likeness (QED) is 0.872. The lowest BCUT2D eigenvalue weighted by Gasteiger charge is -2.24. The molecule has 4 nitrogen and oxygen atoms in total. The Labute approximate surface area is 116 Å². The Hall–Kier alpha value is -2.16. The second kappa shape index (κ2) is 6.85. The summed E-state index contributed by atoms with van der Waals surface area (Å²) in [5.74, 6) is -0.437. The number of carbonyl (C=O) groups excluding carboxylic acids is 1. The normalized spacial score (nSPS) is 11.0. The molecule has 0 aliphatic heterocycles. The number of hydrogen-bond donors (Lipinski definition) is 1. The SMILES string of the molecule is CCC(C#N)(CC)NC(=O)c1ccc(OC(F)F)cc1. The fourth-order valence-electron chi connectivity index (χ4n) is 1.69. The van der Waals surface area contributed by atoms with E-state index in [1.165, 1.54) is 24.3 Å². The van der Waals surface area contributed by atoms with Crippen LogP contribution >= 0.6 is 0 Å². The molecule has 0 aliphatic carbocycles. The maximum absolute atomic E-state index is 12.0. The van der Waals surface area contributed by atoms with Crippen LogP contribution in [-0.2, 0) is 0 Å². The van der Waals surface area contributed by atoms with E-state index in [1.807, 2.05) is 13.8 Å². The molecule has 0 saturated carbocycles. The molecule has 0 saturated heterocycles. The Morgan fingerprint density at radius 3 is 2.30 bits per heavy atom. The largest absolute Gasteiger partial charge is 0.435 e. The first kappa shape index (κ1) is 15.9. The number of alkyl halides is 2. The van der Waals surface area contributed by atoms with Gasteiger partial charge >= 0.3 is 6.61 Å². The van der Waals surface area contributed by atoms with Crippen molar-refractivity contribution in [2.24, 2.45) is 0 Å². The zero-order valence-electron chi connectivity index (χ0n) is 11.3. The lowest BCUT2D eigenvalue weighted by molar-refractivity contribution is -0.0498. The molecule has 0 bridgehead atoms. The van der Waals surface area contributed by atoms with Gasteiger partial charge in [0.05, 0.1) is 6.07 Å². The fraction of sp³-hybridized carbons (Fsp3) is 0.429. The van der Waals surface area contributed by atoms with Gasteiger partial charge in [-0.3, -0.25) is 4.79 Å². The zero-order chi connectivity index (χ0) is 15.2. The third-order valence-electron chi connectivity index (χ3n) is 3.12. The first-order valence-corrected chi connectivity index (χ1v) is 6.25. The van der Waals surface area contributed by atoms with Gasteiger partial charge in [0.2, 0.25) is 0 Å². The maximum atomic E-state index is 12.0. The number of nitrogens with zero attached hydrogens (tertiary/aromatic N) is 1. The summed E-state index contributed by atoms with van der Waals surface area (Å²) in [5.41, 5.74) is -0.622. The van der Waals surface area contributed by atoms with Gasteiger partial charge in [-0.25, -0.2) is 0 Å². The van der Waals surface area contributed by atoms with Gasteiger partial charge in [-0.1, -0.05) is 13.8 Å². The Kier molecular flexibility index (Phi) is 5.44. The standard InChI is InChI=1S/C14H16F2N2O2/c1-3-14(4-2,9-17)18-12(19)10-5-7-11(8-6-10)20-13(15)16/h5-8,13H,3-4H2,1-2H3,(H,18,19). The molecular formula is C14H16F2N2O2. The average Bonchev–Trinajstić information content (AvgIpc) is 2.45. The number of ether oxygens (including phenoxy) is 1. The smallest absolute Gasteiger partial charge is 0.387 e. The molecule has 1 aromatic carbocycles. The molecule has 0 spiro atoms. The minimum Gasteiger partial charge on any atom is -0.435 e. The number of benzene rings is 1. The highest BCUT2D eigenvalue weighted by Crippen LogP contribution is 2.17. The number of amides is 1. The Balaban J connectivity index is 2.80. The summed E-state index contributed by atoms with van der Waals surface area (Å²) in [6.45, 7) is 0.722. The van der Waals surface area contributed by atoms with Crippen molar-refractivity contribution in [3.05, 3.63) is 29.8 Å². The molecule has 0 radical (unpaired) electrons. The van der Waals surface area contributed by atoms with Crippen molar-refractivity contribution in [2.45, 2.75) is 38.8 Å². The number of halogens is 2. The van der Waals surface area contributed by atoms with Gasteiger partial charge in [0.1, 0.15) is 11.3 Å². The minimum atomic E-state index is -2.90. The predicted octanol–water partition coefficient (Wildman–Crippen LogP) is 3.10. The summed E-state index contributed by atoms with van der Waals surface area (Å²) in [4.78, 5) is 12.0. The fourth-order valence-corrected chi connectivity index (χ4v) is 1.69. The molecule has 0 unspecified atom stereocenters. The van der Waals surface area contributed by atoms with Crippen LogP contribution in [0.5, 0.6) is 5.75 Å². The van der Waals surface area contributed by atoms with Gasteiger partial charge in [-0.15, -0.1) is 0 Å². The molecule has 0 atom stereocenters. The van der Waals surface area contributed by atoms with Crippen molar-refractivity contribution in [1.82, 2.24) is 5.32 Å². The topological polar surface area (TPSA) is 62.1 Å². The zero-order valence-corrected chi connectivity index (χ0v) is 11.3. The molecule has 1 amide bonds. The molecule has 108 valence electrons. The molecule has 1 aromatic rings. The summed E-state index contributed by atoms with van der Waals surface area (Å²) >= 11 is 0. The molecule has 0 aromatic heterocycles. The van der Waals surface area contributed by atoms with Gasteiger partial charge in [-0.2, -0.15) is 14.0 Å². The summed E-state index contributed by atoms with van der Waals surface area (Å²) in [6.07, 6.45) is 0.969. The second-order valence-corrected chi connectivity index (χ2v) is 4.26. The molecule has 0 aliphatic rings. The Bertz CT molecular complexity index is 491. The van der Waals surface area contributed by atoms with E-state index in [4.69, 9.17) is 5.26 Å². The molecule has 6 heteroatoms. The van der Waals surface area contributed by atoms with Crippen molar-refractivity contribution in [3.63, 3.8) is 0 Å². The Morgan fingerprint density at radius 2 is 1.90 bits per heavy atom. The van der Waals surface area contributed by atoms with Gasteiger partial charge in [0.25, 0.3) is 5.91 Å². The number of carbonyl (C=O) groups is 1. The number of nitriles is 1. The number of hydrogen-bond acceptors (Lipinski definition) is 3. The third kappa shape index (κ3) is 3.92. The predicted molar refractivity (Wildman–Crippen MR) is 69.5 cm³/mol. The van der Waals surface area contributed by atoms with Crippen molar-refractivity contribution in [2.75, 3.05) is 0 Å². The monoisotopic (exact) mass is 282 g/mol. The first-order valence-electron chi connectivity index (χ1n) is 6.25. The van der Waals surface area contributed by atoms with Crippen LogP contribution in [0.15, 0.2) is 24.3 Å². The van der Waals surface area contributed by atoms with Crippen LogP contribution in [0, 0.1) is 11.3 Å². The highest BCUT2D eigenvalue weighted by atomic mass is 19.3. The van der Waals surface area contributed by atoms with E-state index in [9.17, 15) is 13.6 Å². The highest BCUT2D eigenvalue weighted by Gasteiger charge is 2.28. The second-order valence-electron chi connectivity index (χ2n) is 4.26. The molecule has 1 rings (SSSR count). The summed E-state index contributed by atoms with van der Waals surface area (Å²) in [7, 11) is 0. The van der Waals surface area contributed by atoms with Crippen molar-refractivity contribution >= 4 is 5.91 Å². The first-order chi connectivity index (χ1) is 9.46. The van der Waals surface area contributed by atoms with Crippen LogP contribution in [-0.4, -0.2) is 18.1 Å². The lowest BCUT2D eigenvalue weighted by Crippen LogP contribution is -2.46. The maximum Gasteiger partial charge on any atom is 0.387 e. The van der Waals surface area contributed by atoms with Crippen LogP contribution in [0.2, 0.25) is 0 Å². The van der Waals surface area contributed by atoms with Crippen LogP contribution in [0.1, 0.15) is 37.0 Å². The highest BCUT2D eigenvalue weighted by molar-refractivity contribution is 5.95. The summed E-state index contributed by atoms with van der Waals surface area (Å²) in [6, 6.07) is 7.42. The lowest BCUT2D eigenvalue weighted by atomic mass is 9.94. The van der Waals surface area contributed by atoms with Gasteiger partial charge in [0.15, 0.2) is 0 Å². The Morgan fingerprint density at radius 1 is 1.35 bits per heavy atom.